The van der Waals surface area contributed by atoms with Crippen LogP contribution in [0.2, 0.25) is 0 Å². The van der Waals surface area contributed by atoms with E-state index >= 15 is 0 Å². The molecule has 196 valence electrons. The Morgan fingerprint density at radius 2 is 1.56 bits per heavy atom. The first kappa shape index (κ1) is 26.2. The van der Waals surface area contributed by atoms with Crippen LogP contribution >= 0.6 is 0 Å². The lowest BCUT2D eigenvalue weighted by molar-refractivity contribution is -0.143. The van der Waals surface area contributed by atoms with E-state index in [9.17, 15) is 35.5 Å². The molecular weight excluding hydrogens is 493 g/mol. The molecule has 0 spiro atoms. The highest BCUT2D eigenvalue weighted by atomic mass is 19.4. The summed E-state index contributed by atoms with van der Waals surface area (Å²) in [5, 5.41) is 0. The number of carbonyl (C=O) groups is 1. The Morgan fingerprint density at radius 1 is 0.972 bits per heavy atom. The molecule has 1 saturated carbocycles. The van der Waals surface area contributed by atoms with E-state index in [1.807, 2.05) is 0 Å². The van der Waals surface area contributed by atoms with Crippen LogP contribution in [0.4, 0.5) is 35.5 Å². The van der Waals surface area contributed by atoms with Crippen LogP contribution in [-0.4, -0.2) is 30.1 Å². The fourth-order valence-electron chi connectivity index (χ4n) is 5.48. The molecule has 0 bridgehead atoms. The van der Waals surface area contributed by atoms with Crippen LogP contribution in [0.25, 0.3) is 0 Å². The second-order valence-electron chi connectivity index (χ2n) is 9.48. The van der Waals surface area contributed by atoms with Gasteiger partial charge in [-0.2, -0.15) is 26.3 Å². The number of nitrogens with zero attached hydrogens (tertiary/aromatic N) is 1. The van der Waals surface area contributed by atoms with Crippen molar-refractivity contribution >= 4 is 6.03 Å². The van der Waals surface area contributed by atoms with Crippen molar-refractivity contribution in [3.05, 3.63) is 70.5 Å². The van der Waals surface area contributed by atoms with Crippen molar-refractivity contribution in [3.8, 4) is 0 Å². The van der Waals surface area contributed by atoms with Crippen molar-refractivity contribution in [2.24, 2.45) is 17.6 Å². The van der Waals surface area contributed by atoms with E-state index < -0.39 is 47.5 Å². The van der Waals surface area contributed by atoms with Crippen LogP contribution in [0.3, 0.4) is 0 Å². The molecule has 2 aromatic rings. The third-order valence-corrected chi connectivity index (χ3v) is 7.20. The smallest absolute Gasteiger partial charge is 0.370 e. The zero-order chi connectivity index (χ0) is 26.4. The fraction of sp³-hybridized carbons (Fsp3) is 0.480. The summed E-state index contributed by atoms with van der Waals surface area (Å²) in [5.41, 5.74) is 3.12. The van der Waals surface area contributed by atoms with Gasteiger partial charge in [0.15, 0.2) is 0 Å². The summed E-state index contributed by atoms with van der Waals surface area (Å²) in [5.74, 6) is -0.830. The van der Waals surface area contributed by atoms with E-state index in [0.717, 1.165) is 5.56 Å². The molecule has 1 aliphatic carbocycles. The number of carbonyl (C=O) groups excluding carboxylic acids is 1. The van der Waals surface area contributed by atoms with E-state index in [4.69, 9.17) is 10.5 Å². The highest BCUT2D eigenvalue weighted by Gasteiger charge is 2.47. The Morgan fingerprint density at radius 3 is 2.08 bits per heavy atom. The molecule has 2 aliphatic rings. The number of fused-ring (bicyclic) bond motifs is 1. The summed E-state index contributed by atoms with van der Waals surface area (Å²) in [6, 6.07) is 6.58. The van der Waals surface area contributed by atoms with Crippen LogP contribution < -0.4 is 5.73 Å². The van der Waals surface area contributed by atoms with Crippen LogP contribution in [0.1, 0.15) is 54.0 Å². The van der Waals surface area contributed by atoms with Gasteiger partial charge in [-0.05, 0) is 73.1 Å². The molecule has 2 N–H and O–H groups in total. The molecule has 4 nitrogen and oxygen atoms in total. The first-order chi connectivity index (χ1) is 16.7. The first-order valence-electron chi connectivity index (χ1n) is 11.5. The molecular formula is C25H25F7N2O2. The van der Waals surface area contributed by atoms with Gasteiger partial charge in [-0.1, -0.05) is 12.1 Å². The maximum Gasteiger partial charge on any atom is 0.416 e. The van der Waals surface area contributed by atoms with E-state index in [1.165, 1.54) is 24.0 Å². The number of nitrogens with two attached hydrogens (primary N) is 1. The topological polar surface area (TPSA) is 55.6 Å². The maximum absolute atomic E-state index is 13.6. The molecule has 5 atom stereocenters. The lowest BCUT2D eigenvalue weighted by atomic mass is 9.69. The first-order valence-corrected chi connectivity index (χ1v) is 11.5. The number of benzene rings is 2. The number of rotatable bonds is 4. The Labute approximate surface area is 203 Å². The number of amides is 2. The molecule has 1 heterocycles. The molecule has 1 unspecified atom stereocenters. The Hall–Kier alpha value is -2.82. The zero-order valence-electron chi connectivity index (χ0n) is 19.2. The van der Waals surface area contributed by atoms with Crippen molar-refractivity contribution in [2.45, 2.75) is 50.2 Å². The zero-order valence-corrected chi connectivity index (χ0v) is 19.2. The van der Waals surface area contributed by atoms with Gasteiger partial charge in [0.2, 0.25) is 0 Å². The van der Waals surface area contributed by atoms with Crippen molar-refractivity contribution in [3.63, 3.8) is 0 Å². The van der Waals surface area contributed by atoms with Gasteiger partial charge < -0.3 is 15.4 Å². The molecule has 2 fully saturated rings. The summed E-state index contributed by atoms with van der Waals surface area (Å²) in [4.78, 5) is 13.3. The minimum absolute atomic E-state index is 0.0830. The monoisotopic (exact) mass is 518 g/mol. The Bertz CT molecular complexity index is 1070. The number of halogens is 7. The van der Waals surface area contributed by atoms with Crippen LogP contribution in [0.5, 0.6) is 0 Å². The number of alkyl halides is 6. The summed E-state index contributed by atoms with van der Waals surface area (Å²) in [7, 11) is 0. The predicted molar refractivity (Wildman–Crippen MR) is 116 cm³/mol. The van der Waals surface area contributed by atoms with Crippen LogP contribution in [0.15, 0.2) is 42.5 Å². The quantitative estimate of drug-likeness (QED) is 0.469. The summed E-state index contributed by atoms with van der Waals surface area (Å²) in [6.45, 7) is 2.19. The standard InChI is InChI=1S/C25H25F7N2O2/c1-13(16-8-17(24(27,28)29)10-18(9-16)25(30,31)32)36-21-7-4-15-11-34(23(33)35)12-20(15)22(21)14-2-5-19(26)6-3-14/h2-3,5-6,8-10,13,15,20-22H,4,7,11-12H2,1H3,(H2,33,35)/t13-,15?,20-,21+,22+/m1/s1. The largest absolute Gasteiger partial charge is 0.416 e. The van der Waals surface area contributed by atoms with E-state index in [-0.39, 0.29) is 29.4 Å². The third-order valence-electron chi connectivity index (χ3n) is 7.20. The SMILES string of the molecule is C[C@@H](O[C@H]1CCC2CN(C(N)=O)C[C@H]2[C@@H]1c1ccc(F)cc1)c1cc(C(F)(F)F)cc(C(F)(F)F)c1. The molecule has 11 heteroatoms. The number of urea groups is 1. The maximum atomic E-state index is 13.6. The second kappa shape index (κ2) is 9.57. The van der Waals surface area contributed by atoms with Crippen LogP contribution in [-0.2, 0) is 17.1 Å². The van der Waals surface area contributed by atoms with Crippen molar-refractivity contribution in [1.29, 1.82) is 0 Å². The van der Waals surface area contributed by atoms with Gasteiger partial charge in [0.05, 0.1) is 23.3 Å². The summed E-state index contributed by atoms with van der Waals surface area (Å²) >= 11 is 0. The predicted octanol–water partition coefficient (Wildman–Crippen LogP) is 6.51. The summed E-state index contributed by atoms with van der Waals surface area (Å²) in [6.07, 6.45) is -10.5. The van der Waals surface area contributed by atoms with Crippen molar-refractivity contribution in [1.82, 2.24) is 4.90 Å². The molecule has 1 saturated heterocycles. The molecule has 1 aliphatic heterocycles. The van der Waals surface area contributed by atoms with E-state index in [0.29, 0.717) is 38.1 Å². The van der Waals surface area contributed by atoms with Crippen molar-refractivity contribution in [2.75, 3.05) is 13.1 Å². The summed E-state index contributed by atoms with van der Waals surface area (Å²) < 4.78 is 99.8. The van der Waals surface area contributed by atoms with Gasteiger partial charge in [0.1, 0.15) is 5.82 Å². The number of hydrogen-bond donors (Lipinski definition) is 1. The normalized spacial score (nSPS) is 25.5. The third kappa shape index (κ3) is 5.45. The number of likely N-dealkylation sites (tertiary alicyclic amines) is 1. The second-order valence-corrected chi connectivity index (χ2v) is 9.48. The van der Waals surface area contributed by atoms with Gasteiger partial charge in [0.25, 0.3) is 0 Å². The van der Waals surface area contributed by atoms with Crippen LogP contribution in [0, 0.1) is 17.7 Å². The fourth-order valence-corrected chi connectivity index (χ4v) is 5.48. The average molecular weight is 518 g/mol. The van der Waals surface area contributed by atoms with Gasteiger partial charge in [-0.25, -0.2) is 9.18 Å². The molecule has 4 rings (SSSR count). The van der Waals surface area contributed by atoms with E-state index in [2.05, 4.69) is 0 Å². The minimum atomic E-state index is -4.97. The van der Waals surface area contributed by atoms with Gasteiger partial charge in [-0.15, -0.1) is 0 Å². The number of primary amides is 1. The molecule has 0 aromatic heterocycles. The van der Waals surface area contributed by atoms with Gasteiger partial charge in [-0.3, -0.25) is 0 Å². The van der Waals surface area contributed by atoms with Crippen molar-refractivity contribution < 1.29 is 40.3 Å². The Balaban J connectivity index is 1.66. The highest BCUT2D eigenvalue weighted by Crippen LogP contribution is 2.48. The molecule has 2 aromatic carbocycles. The Kier molecular flexibility index (Phi) is 6.98. The molecule has 0 radical (unpaired) electrons. The lowest BCUT2D eigenvalue weighted by Gasteiger charge is -2.41. The average Bonchev–Trinajstić information content (AvgIpc) is 3.23. The van der Waals surface area contributed by atoms with Gasteiger partial charge in [0, 0.05) is 19.0 Å². The molecule has 2 amide bonds. The lowest BCUT2D eigenvalue weighted by Crippen LogP contribution is -2.38. The minimum Gasteiger partial charge on any atom is -0.370 e. The highest BCUT2D eigenvalue weighted by molar-refractivity contribution is 5.72. The molecule has 36 heavy (non-hydrogen) atoms. The number of ether oxygens (including phenoxy) is 1. The van der Waals surface area contributed by atoms with E-state index in [1.54, 1.807) is 12.1 Å². The van der Waals surface area contributed by atoms with Gasteiger partial charge >= 0.3 is 18.4 Å². The number of hydrogen-bond acceptors (Lipinski definition) is 2.